The van der Waals surface area contributed by atoms with Crippen molar-refractivity contribution in [2.24, 2.45) is 0 Å². The van der Waals surface area contributed by atoms with E-state index < -0.39 is 21.8 Å². The fraction of sp³-hybridized carbons (Fsp3) is 0.286. The quantitative estimate of drug-likeness (QED) is 0.500. The van der Waals surface area contributed by atoms with Crippen molar-refractivity contribution >= 4 is 15.7 Å². The highest BCUT2D eigenvalue weighted by Gasteiger charge is 2.29. The Bertz CT molecular complexity index is 1160. The van der Waals surface area contributed by atoms with Crippen molar-refractivity contribution in [2.45, 2.75) is 24.2 Å². The number of halogens is 3. The molecule has 0 radical (unpaired) electrons. The number of nitrogens with one attached hydrogen (secondary N) is 2. The van der Waals surface area contributed by atoms with Crippen LogP contribution in [0, 0.1) is 0 Å². The second kappa shape index (κ2) is 9.72. The average Bonchev–Trinajstić information content (AvgIpc) is 3.24. The van der Waals surface area contributed by atoms with Crippen molar-refractivity contribution in [3.05, 3.63) is 66.1 Å². The van der Waals surface area contributed by atoms with Gasteiger partial charge in [0.05, 0.1) is 29.1 Å². The Balaban J connectivity index is 1.90. The molecule has 0 aliphatic carbocycles. The lowest BCUT2D eigenvalue weighted by molar-refractivity contribution is -0.137. The first-order valence-electron chi connectivity index (χ1n) is 9.63. The number of ether oxygens (including phenoxy) is 1. The summed E-state index contributed by atoms with van der Waals surface area (Å²) in [6.45, 7) is 1.31. The minimum absolute atomic E-state index is 0.0709. The van der Waals surface area contributed by atoms with E-state index in [1.165, 1.54) is 31.3 Å². The summed E-state index contributed by atoms with van der Waals surface area (Å²) < 4.78 is 72.0. The number of anilines is 1. The molecule has 0 saturated carbocycles. The number of hydrogen-bond donors (Lipinski definition) is 2. The fourth-order valence-corrected chi connectivity index (χ4v) is 3.76. The Morgan fingerprint density at radius 2 is 1.84 bits per heavy atom. The Morgan fingerprint density at radius 3 is 2.47 bits per heavy atom. The van der Waals surface area contributed by atoms with E-state index in [9.17, 15) is 21.6 Å². The number of benzene rings is 2. The highest BCUT2D eigenvalue weighted by Crippen LogP contribution is 2.31. The van der Waals surface area contributed by atoms with Crippen LogP contribution in [0.3, 0.4) is 0 Å². The summed E-state index contributed by atoms with van der Waals surface area (Å²) >= 11 is 0. The van der Waals surface area contributed by atoms with Gasteiger partial charge in [0.25, 0.3) is 0 Å². The molecule has 2 N–H and O–H groups in total. The van der Waals surface area contributed by atoms with Crippen LogP contribution < -0.4 is 10.0 Å². The molecule has 1 aromatic heterocycles. The van der Waals surface area contributed by atoms with Crippen molar-refractivity contribution in [2.75, 3.05) is 26.1 Å². The highest BCUT2D eigenvalue weighted by atomic mass is 32.2. The molecule has 3 rings (SSSR count). The fourth-order valence-electron chi connectivity index (χ4n) is 3.00. The summed E-state index contributed by atoms with van der Waals surface area (Å²) in [6, 6.07) is 9.41. The number of hydrogen-bond acceptors (Lipinski definition) is 5. The molecule has 0 atom stereocenters. The van der Waals surface area contributed by atoms with Crippen LogP contribution in [0.25, 0.3) is 11.3 Å². The zero-order valence-electron chi connectivity index (χ0n) is 17.5. The van der Waals surface area contributed by atoms with E-state index in [-0.39, 0.29) is 11.4 Å². The first-order chi connectivity index (χ1) is 15.1. The standard InChI is InChI=1S/C21H23F3N4O3S/c1-25-32(29,30)17-7-8-19(18(11-17)20-13-28(14-27-20)9-10-31-2)26-12-15-3-5-16(6-4-15)21(22,23)24/h3-8,11,13-14,25-26H,9-10,12H2,1-2H3. The number of sulfonamides is 1. The maximum absolute atomic E-state index is 12.8. The summed E-state index contributed by atoms with van der Waals surface area (Å²) in [5.41, 5.74) is 1.61. The maximum Gasteiger partial charge on any atom is 0.416 e. The van der Waals surface area contributed by atoms with Crippen LogP contribution in [-0.4, -0.2) is 38.7 Å². The third-order valence-electron chi connectivity index (χ3n) is 4.80. The third-order valence-corrected chi connectivity index (χ3v) is 6.21. The minimum Gasteiger partial charge on any atom is -0.383 e. The van der Waals surface area contributed by atoms with E-state index in [4.69, 9.17) is 4.74 Å². The van der Waals surface area contributed by atoms with Gasteiger partial charge in [-0.05, 0) is 42.9 Å². The lowest BCUT2D eigenvalue weighted by Crippen LogP contribution is -2.18. The molecule has 7 nitrogen and oxygen atoms in total. The zero-order chi connectivity index (χ0) is 23.4. The molecule has 0 saturated heterocycles. The molecule has 0 fully saturated rings. The molecule has 11 heteroatoms. The SMILES string of the molecule is CNS(=O)(=O)c1ccc(NCc2ccc(C(F)(F)F)cc2)c(-c2cn(CCOC)cn2)c1. The summed E-state index contributed by atoms with van der Waals surface area (Å²) in [5.74, 6) is 0. The van der Waals surface area contributed by atoms with Gasteiger partial charge in [-0.3, -0.25) is 0 Å². The van der Waals surface area contributed by atoms with E-state index >= 15 is 0 Å². The van der Waals surface area contributed by atoms with Crippen LogP contribution in [0.15, 0.2) is 59.9 Å². The molecule has 0 unspecified atom stereocenters. The summed E-state index contributed by atoms with van der Waals surface area (Å²) in [6.07, 6.45) is -1.00. The average molecular weight is 469 g/mol. The van der Waals surface area contributed by atoms with E-state index in [2.05, 4.69) is 15.0 Å². The van der Waals surface area contributed by atoms with E-state index in [1.54, 1.807) is 25.7 Å². The minimum atomic E-state index is -4.39. The van der Waals surface area contributed by atoms with Crippen LogP contribution >= 0.6 is 0 Å². The first-order valence-corrected chi connectivity index (χ1v) is 11.1. The largest absolute Gasteiger partial charge is 0.416 e. The van der Waals surface area contributed by atoms with Gasteiger partial charge in [0.2, 0.25) is 10.0 Å². The van der Waals surface area contributed by atoms with Gasteiger partial charge in [-0.25, -0.2) is 18.1 Å². The summed E-state index contributed by atoms with van der Waals surface area (Å²) in [7, 11) is -0.762. The molecule has 0 amide bonds. The topological polar surface area (TPSA) is 85.2 Å². The smallest absolute Gasteiger partial charge is 0.383 e. The van der Waals surface area contributed by atoms with Gasteiger partial charge in [0.15, 0.2) is 0 Å². The molecule has 0 aliphatic rings. The predicted octanol–water partition coefficient (Wildman–Crippen LogP) is 3.74. The van der Waals surface area contributed by atoms with E-state index in [0.717, 1.165) is 12.1 Å². The molecule has 0 bridgehead atoms. The number of nitrogens with zero attached hydrogens (tertiary/aromatic N) is 2. The Hall–Kier alpha value is -2.89. The molecule has 1 heterocycles. The zero-order valence-corrected chi connectivity index (χ0v) is 18.3. The summed E-state index contributed by atoms with van der Waals surface area (Å²) in [4.78, 5) is 4.44. The molecular formula is C21H23F3N4O3S. The number of alkyl halides is 3. The Kier molecular flexibility index (Phi) is 7.22. The molecule has 3 aromatic rings. The van der Waals surface area contributed by atoms with Gasteiger partial charge in [-0.2, -0.15) is 13.2 Å². The Labute approximate surface area is 184 Å². The molecule has 172 valence electrons. The van der Waals surface area contributed by atoms with Crippen molar-refractivity contribution in [1.29, 1.82) is 0 Å². The Morgan fingerprint density at radius 1 is 1.12 bits per heavy atom. The van der Waals surface area contributed by atoms with Crippen LogP contribution in [0.5, 0.6) is 0 Å². The van der Waals surface area contributed by atoms with Gasteiger partial charge in [-0.15, -0.1) is 0 Å². The second-order valence-corrected chi connectivity index (χ2v) is 8.84. The lowest BCUT2D eigenvalue weighted by atomic mass is 10.1. The predicted molar refractivity (Wildman–Crippen MR) is 115 cm³/mol. The number of imidazole rings is 1. The van der Waals surface area contributed by atoms with Crippen molar-refractivity contribution in [1.82, 2.24) is 14.3 Å². The van der Waals surface area contributed by atoms with E-state index in [1.807, 2.05) is 4.57 Å². The number of aromatic nitrogens is 2. The van der Waals surface area contributed by atoms with Gasteiger partial charge in [0.1, 0.15) is 0 Å². The first kappa shape index (κ1) is 23.8. The highest BCUT2D eigenvalue weighted by molar-refractivity contribution is 7.89. The van der Waals surface area contributed by atoms with Gasteiger partial charge < -0.3 is 14.6 Å². The van der Waals surface area contributed by atoms with Crippen molar-refractivity contribution < 1.29 is 26.3 Å². The molecule has 2 aromatic carbocycles. The van der Waals surface area contributed by atoms with Crippen LogP contribution in [0.1, 0.15) is 11.1 Å². The third kappa shape index (κ3) is 5.67. The number of rotatable bonds is 9. The normalized spacial score (nSPS) is 12.2. The molecule has 0 aliphatic heterocycles. The molecule has 32 heavy (non-hydrogen) atoms. The number of methoxy groups -OCH3 is 1. The van der Waals surface area contributed by atoms with Crippen LogP contribution in [-0.2, 0) is 34.0 Å². The monoisotopic (exact) mass is 468 g/mol. The lowest BCUT2D eigenvalue weighted by Gasteiger charge is -2.14. The summed E-state index contributed by atoms with van der Waals surface area (Å²) in [5, 5.41) is 3.16. The van der Waals surface area contributed by atoms with Gasteiger partial charge >= 0.3 is 6.18 Å². The van der Waals surface area contributed by atoms with Crippen LogP contribution in [0.2, 0.25) is 0 Å². The van der Waals surface area contributed by atoms with E-state index in [0.29, 0.717) is 35.7 Å². The van der Waals surface area contributed by atoms with Crippen molar-refractivity contribution in [3.63, 3.8) is 0 Å². The second-order valence-electron chi connectivity index (χ2n) is 6.95. The van der Waals surface area contributed by atoms with Gasteiger partial charge in [0, 0.05) is 37.6 Å². The van der Waals surface area contributed by atoms with Crippen molar-refractivity contribution in [3.8, 4) is 11.3 Å². The molecular weight excluding hydrogens is 445 g/mol. The van der Waals surface area contributed by atoms with Gasteiger partial charge in [-0.1, -0.05) is 12.1 Å². The maximum atomic E-state index is 12.8. The van der Waals surface area contributed by atoms with Crippen LogP contribution in [0.4, 0.5) is 18.9 Å². The molecule has 0 spiro atoms.